The molecule has 0 saturated heterocycles. The number of anilines is 1. The number of nitrogens with one attached hydrogen (secondary N) is 1. The van der Waals surface area contributed by atoms with Crippen molar-refractivity contribution in [2.24, 2.45) is 5.73 Å². The van der Waals surface area contributed by atoms with Gasteiger partial charge in [0, 0.05) is 17.9 Å². The second-order valence-corrected chi connectivity index (χ2v) is 5.11. The van der Waals surface area contributed by atoms with Crippen LogP contribution in [-0.2, 0) is 4.79 Å². The van der Waals surface area contributed by atoms with E-state index in [0.717, 1.165) is 0 Å². The molecule has 0 radical (unpaired) electrons. The zero-order chi connectivity index (χ0) is 13.5. The lowest BCUT2D eigenvalue weighted by Gasteiger charge is -2.08. The molecule has 1 amide bonds. The quantitative estimate of drug-likeness (QED) is 0.604. The van der Waals surface area contributed by atoms with Gasteiger partial charge in [0.25, 0.3) is 5.69 Å². The molecule has 18 heavy (non-hydrogen) atoms. The van der Waals surface area contributed by atoms with Gasteiger partial charge < -0.3 is 11.1 Å². The second-order valence-electron chi connectivity index (χ2n) is 3.68. The maximum atomic E-state index is 11.6. The average Bonchev–Trinajstić information content (AvgIpc) is 2.36. The van der Waals surface area contributed by atoms with Crippen molar-refractivity contribution in [2.45, 2.75) is 12.2 Å². The van der Waals surface area contributed by atoms with Crippen molar-refractivity contribution in [1.29, 1.82) is 0 Å². The lowest BCUT2D eigenvalue weighted by atomic mass is 10.2. The van der Waals surface area contributed by atoms with Gasteiger partial charge in [-0.2, -0.15) is 0 Å². The molecular weight excluding hydrogens is 254 g/mol. The Kier molecular flexibility index (Phi) is 5.60. The Morgan fingerprint density at radius 3 is 2.83 bits per heavy atom. The minimum Gasteiger partial charge on any atom is -0.329 e. The van der Waals surface area contributed by atoms with E-state index < -0.39 is 4.92 Å². The fourth-order valence-corrected chi connectivity index (χ4v) is 1.85. The first-order valence-electron chi connectivity index (χ1n) is 5.39. The summed E-state index contributed by atoms with van der Waals surface area (Å²) in [6, 6.07) is 6.05. The number of rotatable bonds is 6. The Morgan fingerprint density at radius 2 is 2.22 bits per heavy atom. The van der Waals surface area contributed by atoms with Gasteiger partial charge in [-0.15, -0.1) is 11.8 Å². The molecule has 0 aliphatic heterocycles. The first-order chi connectivity index (χ1) is 8.54. The Balaban J connectivity index is 2.62. The van der Waals surface area contributed by atoms with Crippen LogP contribution in [0.25, 0.3) is 0 Å². The molecular formula is C11H15N3O3S. The van der Waals surface area contributed by atoms with Crippen LogP contribution >= 0.6 is 11.8 Å². The molecule has 1 rings (SSSR count). The largest absolute Gasteiger partial charge is 0.329 e. The Hall–Kier alpha value is -1.60. The van der Waals surface area contributed by atoms with E-state index in [1.165, 1.54) is 23.9 Å². The van der Waals surface area contributed by atoms with Crippen molar-refractivity contribution in [3.8, 4) is 0 Å². The van der Waals surface area contributed by atoms with Crippen molar-refractivity contribution >= 4 is 29.0 Å². The van der Waals surface area contributed by atoms with Gasteiger partial charge in [-0.25, -0.2) is 0 Å². The average molecular weight is 269 g/mol. The van der Waals surface area contributed by atoms with E-state index in [9.17, 15) is 14.9 Å². The highest BCUT2D eigenvalue weighted by atomic mass is 32.2. The second kappa shape index (κ2) is 6.97. The molecule has 0 fully saturated rings. The predicted octanol–water partition coefficient (Wildman–Crippen LogP) is 1.61. The summed E-state index contributed by atoms with van der Waals surface area (Å²) in [6.07, 6.45) is 0. The maximum absolute atomic E-state index is 11.6. The van der Waals surface area contributed by atoms with Crippen LogP contribution in [0.3, 0.4) is 0 Å². The number of carbonyl (C=O) groups is 1. The Labute approximate surface area is 109 Å². The van der Waals surface area contributed by atoms with Gasteiger partial charge in [0.2, 0.25) is 5.91 Å². The van der Waals surface area contributed by atoms with Crippen molar-refractivity contribution in [2.75, 3.05) is 17.6 Å². The highest BCUT2D eigenvalue weighted by Gasteiger charge is 2.15. The van der Waals surface area contributed by atoms with E-state index in [0.29, 0.717) is 6.54 Å². The number of hydrogen-bond acceptors (Lipinski definition) is 5. The number of nitro benzene ring substituents is 1. The zero-order valence-corrected chi connectivity index (χ0v) is 10.8. The van der Waals surface area contributed by atoms with Gasteiger partial charge in [-0.3, -0.25) is 14.9 Å². The molecule has 3 N–H and O–H groups in total. The number of thioether (sulfide) groups is 1. The van der Waals surface area contributed by atoms with E-state index in [-0.39, 0.29) is 28.3 Å². The fraction of sp³-hybridized carbons (Fsp3) is 0.364. The number of para-hydroxylation sites is 2. The van der Waals surface area contributed by atoms with Crippen molar-refractivity contribution < 1.29 is 9.72 Å². The molecule has 1 atom stereocenters. The number of nitrogens with zero attached hydrogens (tertiary/aromatic N) is 1. The summed E-state index contributed by atoms with van der Waals surface area (Å²) in [7, 11) is 0. The van der Waals surface area contributed by atoms with Crippen LogP contribution in [0.1, 0.15) is 6.92 Å². The lowest BCUT2D eigenvalue weighted by Crippen LogP contribution is -2.19. The van der Waals surface area contributed by atoms with Gasteiger partial charge in [-0.1, -0.05) is 19.1 Å². The van der Waals surface area contributed by atoms with Crippen LogP contribution in [0.5, 0.6) is 0 Å². The van der Waals surface area contributed by atoms with Crippen LogP contribution in [0, 0.1) is 10.1 Å². The molecule has 1 aromatic rings. The standard InChI is InChI=1S/C11H15N3O3S/c1-8(6-12)18-7-11(15)13-9-4-2-3-5-10(9)14(16)17/h2-5,8H,6-7,12H2,1H3,(H,13,15). The molecule has 1 unspecified atom stereocenters. The summed E-state index contributed by atoms with van der Waals surface area (Å²) >= 11 is 1.41. The molecule has 7 heteroatoms. The normalized spacial score (nSPS) is 11.9. The molecule has 0 aromatic heterocycles. The molecule has 0 spiro atoms. The van der Waals surface area contributed by atoms with Gasteiger partial charge in [0.1, 0.15) is 5.69 Å². The monoisotopic (exact) mass is 269 g/mol. The number of nitrogens with two attached hydrogens (primary N) is 1. The third-order valence-electron chi connectivity index (χ3n) is 2.21. The summed E-state index contributed by atoms with van der Waals surface area (Å²) in [4.78, 5) is 21.8. The molecule has 1 aromatic carbocycles. The summed E-state index contributed by atoms with van der Waals surface area (Å²) in [5.74, 6) is -0.0423. The zero-order valence-electron chi connectivity index (χ0n) is 9.96. The summed E-state index contributed by atoms with van der Waals surface area (Å²) in [5.41, 5.74) is 5.54. The lowest BCUT2D eigenvalue weighted by molar-refractivity contribution is -0.383. The van der Waals surface area contributed by atoms with Crippen LogP contribution < -0.4 is 11.1 Å². The summed E-state index contributed by atoms with van der Waals surface area (Å²) in [6.45, 7) is 2.41. The number of hydrogen-bond donors (Lipinski definition) is 2. The van der Waals surface area contributed by atoms with Crippen LogP contribution in [0.15, 0.2) is 24.3 Å². The van der Waals surface area contributed by atoms with E-state index in [1.54, 1.807) is 12.1 Å². The van der Waals surface area contributed by atoms with Crippen molar-refractivity contribution in [3.05, 3.63) is 34.4 Å². The van der Waals surface area contributed by atoms with Gasteiger partial charge in [-0.05, 0) is 6.07 Å². The van der Waals surface area contributed by atoms with E-state index in [1.807, 2.05) is 6.92 Å². The number of nitro groups is 1. The number of amides is 1. The third kappa shape index (κ3) is 4.34. The maximum Gasteiger partial charge on any atom is 0.292 e. The predicted molar refractivity (Wildman–Crippen MR) is 72.7 cm³/mol. The van der Waals surface area contributed by atoms with Crippen LogP contribution in [0.4, 0.5) is 11.4 Å². The summed E-state index contributed by atoms with van der Waals surface area (Å²) < 4.78 is 0. The number of carbonyl (C=O) groups excluding carboxylic acids is 1. The van der Waals surface area contributed by atoms with Gasteiger partial charge in [0.05, 0.1) is 10.7 Å². The first-order valence-corrected chi connectivity index (χ1v) is 6.44. The highest BCUT2D eigenvalue weighted by Crippen LogP contribution is 2.23. The first kappa shape index (κ1) is 14.5. The minimum atomic E-state index is -0.523. The summed E-state index contributed by atoms with van der Waals surface area (Å²) in [5, 5.41) is 13.5. The molecule has 98 valence electrons. The molecule has 0 aliphatic rings. The topological polar surface area (TPSA) is 98.3 Å². The van der Waals surface area contributed by atoms with Crippen LogP contribution in [0.2, 0.25) is 0 Å². The Morgan fingerprint density at radius 1 is 1.56 bits per heavy atom. The SMILES string of the molecule is CC(CN)SCC(=O)Nc1ccccc1[N+](=O)[O-]. The Bertz CT molecular complexity index is 439. The molecule has 0 bridgehead atoms. The van der Waals surface area contributed by atoms with Gasteiger partial charge in [0.15, 0.2) is 0 Å². The van der Waals surface area contributed by atoms with Crippen molar-refractivity contribution in [1.82, 2.24) is 0 Å². The number of benzene rings is 1. The minimum absolute atomic E-state index is 0.109. The van der Waals surface area contributed by atoms with E-state index in [2.05, 4.69) is 5.32 Å². The fourth-order valence-electron chi connectivity index (χ4n) is 1.21. The van der Waals surface area contributed by atoms with Gasteiger partial charge >= 0.3 is 0 Å². The van der Waals surface area contributed by atoms with E-state index in [4.69, 9.17) is 5.73 Å². The van der Waals surface area contributed by atoms with E-state index >= 15 is 0 Å². The molecule has 0 saturated carbocycles. The smallest absolute Gasteiger partial charge is 0.292 e. The van der Waals surface area contributed by atoms with Crippen molar-refractivity contribution in [3.63, 3.8) is 0 Å². The molecule has 0 heterocycles. The highest BCUT2D eigenvalue weighted by molar-refractivity contribution is 8.00. The molecule has 0 aliphatic carbocycles. The van der Waals surface area contributed by atoms with Crippen LogP contribution in [-0.4, -0.2) is 28.4 Å². The molecule has 6 nitrogen and oxygen atoms in total. The third-order valence-corrected chi connectivity index (χ3v) is 3.40.